The van der Waals surface area contributed by atoms with E-state index in [1.807, 2.05) is 0 Å². The fourth-order valence-electron chi connectivity index (χ4n) is 1.43. The van der Waals surface area contributed by atoms with Crippen molar-refractivity contribution in [1.82, 2.24) is 5.32 Å². The van der Waals surface area contributed by atoms with Crippen molar-refractivity contribution in [2.45, 2.75) is 20.3 Å². The summed E-state index contributed by atoms with van der Waals surface area (Å²) >= 11 is 0. The van der Waals surface area contributed by atoms with E-state index in [9.17, 15) is 0 Å². The standard InChI is InChI=1S/C7H15N.Li.H/c1-6-3-7(2)5-8-4-6;;/h6-8H,3-5H2,1-2H3;;/q;+1;-1. The molecule has 0 amide bonds. The molecule has 1 heterocycles. The number of rotatable bonds is 0. The number of hydrogen-bond acceptors (Lipinski definition) is 1. The zero-order valence-electron chi connectivity index (χ0n) is 7.78. The van der Waals surface area contributed by atoms with E-state index in [4.69, 9.17) is 0 Å². The molecule has 1 rings (SSSR count). The normalized spacial score (nSPS) is 35.3. The second kappa shape index (κ2) is 4.39. The van der Waals surface area contributed by atoms with E-state index in [2.05, 4.69) is 19.2 Å². The number of hydrogen-bond donors (Lipinski definition) is 1. The Morgan fingerprint density at radius 1 is 1.22 bits per heavy atom. The van der Waals surface area contributed by atoms with Crippen LogP contribution < -0.4 is 24.2 Å². The van der Waals surface area contributed by atoms with E-state index in [1.165, 1.54) is 19.5 Å². The Balaban J connectivity index is 0. The fourth-order valence-corrected chi connectivity index (χ4v) is 1.43. The van der Waals surface area contributed by atoms with Crippen molar-refractivity contribution in [2.75, 3.05) is 13.1 Å². The number of piperidine rings is 1. The molecular formula is C7H16LiN. The van der Waals surface area contributed by atoms with Gasteiger partial charge >= 0.3 is 18.9 Å². The molecule has 2 atom stereocenters. The second-order valence-corrected chi connectivity index (χ2v) is 3.10. The van der Waals surface area contributed by atoms with E-state index in [0.717, 1.165) is 11.8 Å². The summed E-state index contributed by atoms with van der Waals surface area (Å²) in [5.41, 5.74) is 0. The van der Waals surface area contributed by atoms with Gasteiger partial charge in [0.1, 0.15) is 0 Å². The van der Waals surface area contributed by atoms with Gasteiger partial charge in [0.05, 0.1) is 0 Å². The van der Waals surface area contributed by atoms with Crippen LogP contribution in [0.4, 0.5) is 0 Å². The topological polar surface area (TPSA) is 12.0 Å². The Morgan fingerprint density at radius 3 is 1.89 bits per heavy atom. The molecule has 0 aromatic heterocycles. The molecule has 1 saturated heterocycles. The Hall–Kier alpha value is 0.557. The van der Waals surface area contributed by atoms with E-state index in [0.29, 0.717) is 0 Å². The minimum absolute atomic E-state index is 0. The van der Waals surface area contributed by atoms with Gasteiger partial charge in [-0.1, -0.05) is 13.8 Å². The maximum atomic E-state index is 3.38. The van der Waals surface area contributed by atoms with Crippen LogP contribution in [-0.2, 0) is 0 Å². The van der Waals surface area contributed by atoms with Crippen molar-refractivity contribution in [3.8, 4) is 0 Å². The molecule has 1 aliphatic heterocycles. The van der Waals surface area contributed by atoms with Gasteiger partial charge in [-0.3, -0.25) is 0 Å². The summed E-state index contributed by atoms with van der Waals surface area (Å²) in [4.78, 5) is 0. The predicted molar refractivity (Wildman–Crippen MR) is 36.9 cm³/mol. The summed E-state index contributed by atoms with van der Waals surface area (Å²) in [5, 5.41) is 3.38. The van der Waals surface area contributed by atoms with Crippen molar-refractivity contribution in [2.24, 2.45) is 11.8 Å². The van der Waals surface area contributed by atoms with Crippen LogP contribution in [0, 0.1) is 11.8 Å². The van der Waals surface area contributed by atoms with Crippen molar-refractivity contribution in [1.29, 1.82) is 0 Å². The molecule has 2 heteroatoms. The Kier molecular flexibility index (Phi) is 4.66. The first-order valence-corrected chi connectivity index (χ1v) is 3.49. The van der Waals surface area contributed by atoms with Crippen LogP contribution in [0.25, 0.3) is 0 Å². The van der Waals surface area contributed by atoms with Crippen LogP contribution in [0.3, 0.4) is 0 Å². The van der Waals surface area contributed by atoms with Crippen molar-refractivity contribution >= 4 is 0 Å². The third-order valence-electron chi connectivity index (χ3n) is 1.79. The van der Waals surface area contributed by atoms with Crippen molar-refractivity contribution in [3.05, 3.63) is 0 Å². The van der Waals surface area contributed by atoms with Gasteiger partial charge in [-0.25, -0.2) is 0 Å². The SMILES string of the molecule is CC1CNCC(C)C1.[H-].[Li+]. The van der Waals surface area contributed by atoms with Crippen LogP contribution in [0.2, 0.25) is 0 Å². The molecule has 0 spiro atoms. The van der Waals surface area contributed by atoms with Crippen molar-refractivity contribution in [3.63, 3.8) is 0 Å². The Labute approximate surface area is 71.3 Å². The first-order chi connectivity index (χ1) is 3.79. The van der Waals surface area contributed by atoms with E-state index >= 15 is 0 Å². The van der Waals surface area contributed by atoms with Crippen molar-refractivity contribution < 1.29 is 20.3 Å². The summed E-state index contributed by atoms with van der Waals surface area (Å²) in [6, 6.07) is 0. The smallest absolute Gasteiger partial charge is 1.00 e. The zero-order chi connectivity index (χ0) is 5.98. The molecule has 0 bridgehead atoms. The van der Waals surface area contributed by atoms with Gasteiger partial charge in [0, 0.05) is 0 Å². The molecule has 1 fully saturated rings. The largest absolute Gasteiger partial charge is 1.00 e. The summed E-state index contributed by atoms with van der Waals surface area (Å²) < 4.78 is 0. The maximum absolute atomic E-state index is 3.38. The Bertz CT molecular complexity index is 72.0. The van der Waals surface area contributed by atoms with Gasteiger partial charge in [0.15, 0.2) is 0 Å². The van der Waals surface area contributed by atoms with Crippen LogP contribution in [0.5, 0.6) is 0 Å². The van der Waals surface area contributed by atoms with Crippen LogP contribution in [0.1, 0.15) is 21.7 Å². The van der Waals surface area contributed by atoms with Crippen LogP contribution >= 0.6 is 0 Å². The van der Waals surface area contributed by atoms with Gasteiger partial charge in [0.2, 0.25) is 0 Å². The zero-order valence-corrected chi connectivity index (χ0v) is 6.78. The fraction of sp³-hybridized carbons (Fsp3) is 1.00. The first kappa shape index (κ1) is 9.56. The van der Waals surface area contributed by atoms with Crippen LogP contribution in [-0.4, -0.2) is 13.1 Å². The summed E-state index contributed by atoms with van der Waals surface area (Å²) in [5.74, 6) is 1.80. The molecule has 0 aliphatic carbocycles. The minimum Gasteiger partial charge on any atom is -1.00 e. The summed E-state index contributed by atoms with van der Waals surface area (Å²) in [6.07, 6.45) is 1.41. The monoisotopic (exact) mass is 121 g/mol. The predicted octanol–water partition coefficient (Wildman–Crippen LogP) is -1.63. The second-order valence-electron chi connectivity index (χ2n) is 3.10. The molecule has 0 radical (unpaired) electrons. The van der Waals surface area contributed by atoms with Gasteiger partial charge in [0.25, 0.3) is 0 Å². The molecule has 9 heavy (non-hydrogen) atoms. The van der Waals surface area contributed by atoms with Gasteiger partial charge in [-0.05, 0) is 31.3 Å². The summed E-state index contributed by atoms with van der Waals surface area (Å²) in [7, 11) is 0. The average Bonchev–Trinajstić information content (AvgIpc) is 1.64. The van der Waals surface area contributed by atoms with Crippen LogP contribution in [0.15, 0.2) is 0 Å². The molecule has 1 aliphatic rings. The quantitative estimate of drug-likeness (QED) is 0.379. The van der Waals surface area contributed by atoms with Gasteiger partial charge < -0.3 is 6.74 Å². The third-order valence-corrected chi connectivity index (χ3v) is 1.79. The molecule has 1 N–H and O–H groups in total. The minimum atomic E-state index is 0. The summed E-state index contributed by atoms with van der Waals surface area (Å²) in [6.45, 7) is 7.07. The molecule has 0 saturated carbocycles. The van der Waals surface area contributed by atoms with Gasteiger partial charge in [-0.15, -0.1) is 0 Å². The number of nitrogens with one attached hydrogen (secondary N) is 1. The molecule has 0 aromatic carbocycles. The first-order valence-electron chi connectivity index (χ1n) is 3.49. The Morgan fingerprint density at radius 2 is 1.67 bits per heavy atom. The average molecular weight is 121 g/mol. The van der Waals surface area contributed by atoms with Gasteiger partial charge in [-0.2, -0.15) is 0 Å². The molecule has 1 nitrogen and oxygen atoms in total. The molecule has 0 aromatic rings. The van der Waals surface area contributed by atoms with E-state index in [1.54, 1.807) is 0 Å². The van der Waals surface area contributed by atoms with E-state index < -0.39 is 0 Å². The third kappa shape index (κ3) is 3.30. The molecular weight excluding hydrogens is 105 g/mol. The maximum Gasteiger partial charge on any atom is 1.00 e. The molecule has 2 unspecified atom stereocenters. The van der Waals surface area contributed by atoms with E-state index in [-0.39, 0.29) is 20.3 Å². The molecule has 50 valence electrons.